The number of primary amides is 1. The summed E-state index contributed by atoms with van der Waals surface area (Å²) in [6.45, 7) is 0. The van der Waals surface area contributed by atoms with Crippen LogP contribution in [0.2, 0.25) is 5.02 Å². The molecule has 0 aliphatic rings. The van der Waals surface area contributed by atoms with Crippen LogP contribution in [-0.4, -0.2) is 11.8 Å². The second kappa shape index (κ2) is 8.34. The quantitative estimate of drug-likeness (QED) is 0.503. The Balaban J connectivity index is 2.03. The highest BCUT2D eigenvalue weighted by atomic mass is 35.5. The Morgan fingerprint density at radius 3 is 2.19 bits per heavy atom. The van der Waals surface area contributed by atoms with Gasteiger partial charge in [0.05, 0.1) is 11.3 Å². The Bertz CT molecular complexity index is 1010. The normalized spacial score (nSPS) is 11.1. The zero-order chi connectivity index (χ0) is 19.2. The number of hydrogen-bond acceptors (Lipinski definition) is 2. The van der Waals surface area contributed by atoms with Crippen LogP contribution in [-0.2, 0) is 4.79 Å². The van der Waals surface area contributed by atoms with E-state index in [4.69, 9.17) is 17.3 Å². The molecular formula is C22H17ClN2O2. The van der Waals surface area contributed by atoms with Gasteiger partial charge in [0.25, 0.3) is 11.8 Å². The maximum absolute atomic E-state index is 13.0. The Morgan fingerprint density at radius 1 is 0.852 bits per heavy atom. The molecule has 0 aliphatic carbocycles. The van der Waals surface area contributed by atoms with Crippen molar-refractivity contribution in [3.63, 3.8) is 0 Å². The minimum absolute atomic E-state index is 0.246. The first kappa shape index (κ1) is 18.4. The van der Waals surface area contributed by atoms with Crippen LogP contribution < -0.4 is 11.1 Å². The number of nitrogens with two attached hydrogens (primary N) is 1. The summed E-state index contributed by atoms with van der Waals surface area (Å²) < 4.78 is 0. The average Bonchev–Trinajstić information content (AvgIpc) is 2.68. The standard InChI is InChI=1S/C22H17ClN2O2/c23-19-12-6-4-10-16(19)14-18(15-8-2-1-3-9-15)22(27)25-20-13-7-5-11-17(20)21(24)26/h1-14H,(H2,24,26)(H,25,27). The fourth-order valence-electron chi connectivity index (χ4n) is 2.64. The highest BCUT2D eigenvalue weighted by Gasteiger charge is 2.16. The maximum Gasteiger partial charge on any atom is 0.256 e. The number of hydrogen-bond donors (Lipinski definition) is 2. The molecule has 3 aromatic carbocycles. The van der Waals surface area contributed by atoms with E-state index in [1.54, 1.807) is 36.4 Å². The minimum atomic E-state index is -0.609. The third-order valence-electron chi connectivity index (χ3n) is 3.98. The predicted octanol–water partition coefficient (Wildman–Crippen LogP) is 4.62. The summed E-state index contributed by atoms with van der Waals surface area (Å²) in [6, 6.07) is 23.1. The summed E-state index contributed by atoms with van der Waals surface area (Å²) in [4.78, 5) is 24.6. The number of para-hydroxylation sites is 1. The first-order chi connectivity index (χ1) is 13.1. The number of nitrogens with one attached hydrogen (secondary N) is 1. The third kappa shape index (κ3) is 4.43. The van der Waals surface area contributed by atoms with Crippen LogP contribution in [0, 0.1) is 0 Å². The lowest BCUT2D eigenvalue weighted by Crippen LogP contribution is -2.19. The fraction of sp³-hybridized carbons (Fsp3) is 0. The second-order valence-corrected chi connectivity index (χ2v) is 6.22. The predicted molar refractivity (Wildman–Crippen MR) is 109 cm³/mol. The van der Waals surface area contributed by atoms with E-state index in [1.807, 2.05) is 48.5 Å². The molecule has 0 aliphatic heterocycles. The summed E-state index contributed by atoms with van der Waals surface area (Å²) in [7, 11) is 0. The first-order valence-corrected chi connectivity index (χ1v) is 8.66. The summed E-state index contributed by atoms with van der Waals surface area (Å²) >= 11 is 6.25. The molecule has 3 N–H and O–H groups in total. The number of carbonyl (C=O) groups is 2. The van der Waals surface area contributed by atoms with Crippen molar-refractivity contribution in [2.45, 2.75) is 0 Å². The topological polar surface area (TPSA) is 72.2 Å². The van der Waals surface area contributed by atoms with E-state index in [1.165, 1.54) is 0 Å². The number of benzene rings is 3. The Labute approximate surface area is 162 Å². The van der Waals surface area contributed by atoms with Crippen LogP contribution in [0.15, 0.2) is 78.9 Å². The highest BCUT2D eigenvalue weighted by Crippen LogP contribution is 2.25. The Morgan fingerprint density at radius 2 is 1.48 bits per heavy atom. The van der Waals surface area contributed by atoms with Gasteiger partial charge in [0.15, 0.2) is 0 Å². The summed E-state index contributed by atoms with van der Waals surface area (Å²) in [6.07, 6.45) is 1.72. The fourth-order valence-corrected chi connectivity index (χ4v) is 2.83. The lowest BCUT2D eigenvalue weighted by Gasteiger charge is -2.12. The zero-order valence-electron chi connectivity index (χ0n) is 14.4. The molecule has 2 amide bonds. The molecule has 4 nitrogen and oxygen atoms in total. The van der Waals surface area contributed by atoms with E-state index < -0.39 is 5.91 Å². The minimum Gasteiger partial charge on any atom is -0.366 e. The number of anilines is 1. The van der Waals surface area contributed by atoms with Gasteiger partial charge in [-0.2, -0.15) is 0 Å². The third-order valence-corrected chi connectivity index (χ3v) is 4.32. The van der Waals surface area contributed by atoms with Gasteiger partial charge < -0.3 is 11.1 Å². The molecule has 0 atom stereocenters. The molecule has 0 bridgehead atoms. The van der Waals surface area contributed by atoms with Gasteiger partial charge in [-0.3, -0.25) is 9.59 Å². The number of halogens is 1. The molecule has 0 fully saturated rings. The van der Waals surface area contributed by atoms with Crippen LogP contribution >= 0.6 is 11.6 Å². The molecule has 0 heterocycles. The molecule has 0 radical (unpaired) electrons. The van der Waals surface area contributed by atoms with E-state index in [0.717, 1.165) is 11.1 Å². The zero-order valence-corrected chi connectivity index (χ0v) is 15.1. The molecule has 134 valence electrons. The van der Waals surface area contributed by atoms with Crippen LogP contribution in [0.5, 0.6) is 0 Å². The molecule has 3 aromatic rings. The molecule has 3 rings (SSSR count). The molecular weight excluding hydrogens is 360 g/mol. The Kier molecular flexibility index (Phi) is 5.69. The van der Waals surface area contributed by atoms with E-state index in [9.17, 15) is 9.59 Å². The smallest absolute Gasteiger partial charge is 0.256 e. The maximum atomic E-state index is 13.0. The molecule has 27 heavy (non-hydrogen) atoms. The van der Waals surface area contributed by atoms with E-state index in [2.05, 4.69) is 5.32 Å². The average molecular weight is 377 g/mol. The van der Waals surface area contributed by atoms with Gasteiger partial charge in [0.2, 0.25) is 0 Å². The summed E-state index contributed by atoms with van der Waals surface area (Å²) in [5, 5.41) is 3.32. The number of rotatable bonds is 5. The van der Waals surface area contributed by atoms with Crippen molar-refractivity contribution in [3.8, 4) is 0 Å². The summed E-state index contributed by atoms with van der Waals surface area (Å²) in [5.41, 5.74) is 7.87. The Hall–Kier alpha value is -3.37. The van der Waals surface area contributed by atoms with Crippen molar-refractivity contribution in [3.05, 3.63) is 101 Å². The van der Waals surface area contributed by atoms with E-state index >= 15 is 0 Å². The largest absolute Gasteiger partial charge is 0.366 e. The van der Waals surface area contributed by atoms with Crippen LogP contribution in [0.3, 0.4) is 0 Å². The van der Waals surface area contributed by atoms with Crippen LogP contribution in [0.1, 0.15) is 21.5 Å². The second-order valence-electron chi connectivity index (χ2n) is 5.81. The van der Waals surface area contributed by atoms with Gasteiger partial charge in [-0.15, -0.1) is 0 Å². The van der Waals surface area contributed by atoms with Gasteiger partial charge in [0.1, 0.15) is 0 Å². The molecule has 0 unspecified atom stereocenters. The first-order valence-electron chi connectivity index (χ1n) is 8.28. The number of carbonyl (C=O) groups excluding carboxylic acids is 2. The van der Waals surface area contributed by atoms with Gasteiger partial charge in [-0.1, -0.05) is 72.3 Å². The van der Waals surface area contributed by atoms with Gasteiger partial charge in [-0.25, -0.2) is 0 Å². The van der Waals surface area contributed by atoms with Crippen molar-refractivity contribution in [2.75, 3.05) is 5.32 Å². The summed E-state index contributed by atoms with van der Waals surface area (Å²) in [5.74, 6) is -0.975. The molecule has 0 aromatic heterocycles. The lowest BCUT2D eigenvalue weighted by atomic mass is 10.0. The van der Waals surface area contributed by atoms with Crippen molar-refractivity contribution in [1.29, 1.82) is 0 Å². The monoisotopic (exact) mass is 376 g/mol. The van der Waals surface area contributed by atoms with Crippen molar-refractivity contribution < 1.29 is 9.59 Å². The SMILES string of the molecule is NC(=O)c1ccccc1NC(=O)C(=Cc1ccccc1Cl)c1ccccc1. The molecule has 0 saturated heterocycles. The van der Waals surface area contributed by atoms with Gasteiger partial charge >= 0.3 is 0 Å². The van der Waals surface area contributed by atoms with Gasteiger partial charge in [0, 0.05) is 10.6 Å². The van der Waals surface area contributed by atoms with Crippen molar-refractivity contribution >= 4 is 40.8 Å². The van der Waals surface area contributed by atoms with Crippen molar-refractivity contribution in [1.82, 2.24) is 0 Å². The van der Waals surface area contributed by atoms with Gasteiger partial charge in [-0.05, 0) is 35.4 Å². The van der Waals surface area contributed by atoms with Crippen LogP contribution in [0.25, 0.3) is 11.6 Å². The number of amides is 2. The molecule has 0 saturated carbocycles. The lowest BCUT2D eigenvalue weighted by molar-refractivity contribution is -0.111. The highest BCUT2D eigenvalue weighted by molar-refractivity contribution is 6.34. The molecule has 5 heteroatoms. The molecule has 0 spiro atoms. The van der Waals surface area contributed by atoms with E-state index in [0.29, 0.717) is 16.3 Å². The van der Waals surface area contributed by atoms with E-state index in [-0.39, 0.29) is 11.5 Å². The van der Waals surface area contributed by atoms with Crippen LogP contribution in [0.4, 0.5) is 5.69 Å². The van der Waals surface area contributed by atoms with Crippen molar-refractivity contribution in [2.24, 2.45) is 5.73 Å².